The molecule has 0 atom stereocenters. The third kappa shape index (κ3) is 4.41. The average Bonchev–Trinajstić information content (AvgIpc) is 3.07. The number of rotatable bonds is 4. The van der Waals surface area contributed by atoms with Gasteiger partial charge in [-0.25, -0.2) is 5.01 Å². The zero-order chi connectivity index (χ0) is 22.8. The summed E-state index contributed by atoms with van der Waals surface area (Å²) in [5.74, 6) is 1.50. The quantitative estimate of drug-likeness (QED) is 0.658. The molecule has 2 aliphatic heterocycles. The standard InChI is InChI=1S/C25H26N6O2/c1-17-6-5-7-20(16-17)31-23(32)14-13-21(29-31)25(33)26-19-11-9-18(10-12-19)24-28-27-22-8-3-2-4-15-30(22)24/h5-7,9-12,16H,2-4,8,13-15H2,1H3,(H,26,33). The highest BCUT2D eigenvalue weighted by atomic mass is 16.2. The molecule has 0 bridgehead atoms. The third-order valence-electron chi connectivity index (χ3n) is 6.05. The molecule has 3 heterocycles. The van der Waals surface area contributed by atoms with Crippen LogP contribution in [0.5, 0.6) is 0 Å². The molecule has 2 aliphatic rings. The van der Waals surface area contributed by atoms with Crippen LogP contribution in [0.2, 0.25) is 0 Å². The molecule has 0 radical (unpaired) electrons. The zero-order valence-electron chi connectivity index (χ0n) is 18.6. The number of nitrogens with zero attached hydrogens (tertiary/aromatic N) is 5. The first kappa shape index (κ1) is 21.1. The van der Waals surface area contributed by atoms with E-state index in [1.54, 1.807) is 0 Å². The van der Waals surface area contributed by atoms with Crippen LogP contribution in [0, 0.1) is 6.92 Å². The van der Waals surface area contributed by atoms with Crippen molar-refractivity contribution in [1.29, 1.82) is 0 Å². The van der Waals surface area contributed by atoms with Gasteiger partial charge in [-0.3, -0.25) is 9.59 Å². The molecule has 168 valence electrons. The number of hydrogen-bond acceptors (Lipinski definition) is 5. The Labute approximate surface area is 192 Å². The highest BCUT2D eigenvalue weighted by molar-refractivity contribution is 6.44. The number of benzene rings is 2. The predicted molar refractivity (Wildman–Crippen MR) is 127 cm³/mol. The lowest BCUT2D eigenvalue weighted by Gasteiger charge is -2.23. The Bertz CT molecular complexity index is 1230. The van der Waals surface area contributed by atoms with Gasteiger partial charge >= 0.3 is 0 Å². The molecule has 8 heteroatoms. The molecule has 0 saturated heterocycles. The van der Waals surface area contributed by atoms with E-state index in [9.17, 15) is 9.59 Å². The van der Waals surface area contributed by atoms with E-state index >= 15 is 0 Å². The molecular weight excluding hydrogens is 416 g/mol. The maximum absolute atomic E-state index is 12.9. The molecule has 2 amide bonds. The molecule has 2 aromatic carbocycles. The number of fused-ring (bicyclic) bond motifs is 1. The van der Waals surface area contributed by atoms with Gasteiger partial charge in [-0.05, 0) is 61.7 Å². The smallest absolute Gasteiger partial charge is 0.271 e. The van der Waals surface area contributed by atoms with E-state index in [1.165, 1.54) is 11.4 Å². The second-order valence-corrected chi connectivity index (χ2v) is 8.52. The van der Waals surface area contributed by atoms with Crippen LogP contribution < -0.4 is 10.3 Å². The minimum absolute atomic E-state index is 0.117. The molecule has 1 N–H and O–H groups in total. The van der Waals surface area contributed by atoms with Gasteiger partial charge in [0.2, 0.25) is 5.91 Å². The fraction of sp³-hybridized carbons (Fsp3) is 0.320. The molecule has 8 nitrogen and oxygen atoms in total. The van der Waals surface area contributed by atoms with Gasteiger partial charge in [0.05, 0.1) is 5.69 Å². The van der Waals surface area contributed by atoms with E-state index in [1.807, 2.05) is 55.5 Å². The number of carbonyl (C=O) groups excluding carboxylic acids is 2. The van der Waals surface area contributed by atoms with Gasteiger partial charge in [-0.1, -0.05) is 18.6 Å². The van der Waals surface area contributed by atoms with Gasteiger partial charge < -0.3 is 9.88 Å². The predicted octanol–water partition coefficient (Wildman–Crippen LogP) is 4.10. The van der Waals surface area contributed by atoms with Crippen LogP contribution in [0.1, 0.15) is 43.5 Å². The van der Waals surface area contributed by atoms with Crippen LogP contribution in [-0.2, 0) is 22.6 Å². The van der Waals surface area contributed by atoms with Crippen molar-refractivity contribution < 1.29 is 9.59 Å². The Balaban J connectivity index is 1.31. The first-order chi connectivity index (χ1) is 16.1. The fourth-order valence-electron chi connectivity index (χ4n) is 4.28. The maximum atomic E-state index is 12.9. The summed E-state index contributed by atoms with van der Waals surface area (Å²) in [5, 5.41) is 17.3. The number of anilines is 2. The molecule has 5 rings (SSSR count). The zero-order valence-corrected chi connectivity index (χ0v) is 18.6. The van der Waals surface area contributed by atoms with Crippen molar-refractivity contribution in [3.63, 3.8) is 0 Å². The van der Waals surface area contributed by atoms with Crippen molar-refractivity contribution >= 4 is 28.9 Å². The van der Waals surface area contributed by atoms with Crippen LogP contribution in [0.25, 0.3) is 11.4 Å². The minimum atomic E-state index is -0.302. The Morgan fingerprint density at radius 1 is 0.970 bits per heavy atom. The molecule has 0 fully saturated rings. The summed E-state index contributed by atoms with van der Waals surface area (Å²) in [4.78, 5) is 25.2. The second kappa shape index (κ2) is 8.97. The third-order valence-corrected chi connectivity index (χ3v) is 6.05. The van der Waals surface area contributed by atoms with Crippen LogP contribution >= 0.6 is 0 Å². The van der Waals surface area contributed by atoms with Crippen molar-refractivity contribution in [2.24, 2.45) is 5.10 Å². The largest absolute Gasteiger partial charge is 0.321 e. The summed E-state index contributed by atoms with van der Waals surface area (Å²) in [7, 11) is 0. The Morgan fingerprint density at radius 3 is 2.64 bits per heavy atom. The molecule has 0 unspecified atom stereocenters. The van der Waals surface area contributed by atoms with Crippen LogP contribution in [-0.4, -0.2) is 32.3 Å². The van der Waals surface area contributed by atoms with E-state index in [4.69, 9.17) is 0 Å². The Morgan fingerprint density at radius 2 is 1.82 bits per heavy atom. The summed E-state index contributed by atoms with van der Waals surface area (Å²) >= 11 is 0. The van der Waals surface area contributed by atoms with Gasteiger partial charge in [0.1, 0.15) is 11.5 Å². The van der Waals surface area contributed by atoms with Crippen molar-refractivity contribution in [1.82, 2.24) is 14.8 Å². The summed E-state index contributed by atoms with van der Waals surface area (Å²) in [6, 6.07) is 15.1. The van der Waals surface area contributed by atoms with Gasteiger partial charge in [0.15, 0.2) is 5.82 Å². The summed E-state index contributed by atoms with van der Waals surface area (Å²) in [5.41, 5.74) is 3.67. The fourth-order valence-corrected chi connectivity index (χ4v) is 4.28. The van der Waals surface area contributed by atoms with E-state index < -0.39 is 0 Å². The van der Waals surface area contributed by atoms with Crippen molar-refractivity contribution in [2.75, 3.05) is 10.3 Å². The molecular formula is C25H26N6O2. The van der Waals surface area contributed by atoms with Crippen molar-refractivity contribution in [2.45, 2.75) is 52.0 Å². The lowest BCUT2D eigenvalue weighted by atomic mass is 10.1. The molecule has 33 heavy (non-hydrogen) atoms. The lowest BCUT2D eigenvalue weighted by Crippen LogP contribution is -2.36. The molecule has 0 spiro atoms. The number of amides is 2. The van der Waals surface area contributed by atoms with E-state index in [0.29, 0.717) is 23.5 Å². The van der Waals surface area contributed by atoms with Gasteiger partial charge in [-0.2, -0.15) is 5.10 Å². The number of aromatic nitrogens is 3. The normalized spacial score (nSPS) is 16.1. The number of aryl methyl sites for hydroxylation is 2. The average molecular weight is 443 g/mol. The Hall–Kier alpha value is -3.81. The van der Waals surface area contributed by atoms with E-state index in [0.717, 1.165) is 48.6 Å². The summed E-state index contributed by atoms with van der Waals surface area (Å²) in [6.07, 6.45) is 5.03. The summed E-state index contributed by atoms with van der Waals surface area (Å²) < 4.78 is 2.20. The molecule has 0 saturated carbocycles. The first-order valence-corrected chi connectivity index (χ1v) is 11.4. The van der Waals surface area contributed by atoms with Crippen LogP contribution in [0.4, 0.5) is 11.4 Å². The Kier molecular flexibility index (Phi) is 5.73. The monoisotopic (exact) mass is 442 g/mol. The second-order valence-electron chi connectivity index (χ2n) is 8.52. The van der Waals surface area contributed by atoms with Crippen LogP contribution in [0.3, 0.4) is 0 Å². The van der Waals surface area contributed by atoms with Gasteiger partial charge in [0.25, 0.3) is 5.91 Å². The van der Waals surface area contributed by atoms with Gasteiger partial charge in [0, 0.05) is 37.1 Å². The molecule has 1 aromatic heterocycles. The van der Waals surface area contributed by atoms with Crippen LogP contribution in [0.15, 0.2) is 53.6 Å². The van der Waals surface area contributed by atoms with E-state index in [-0.39, 0.29) is 18.2 Å². The number of nitrogens with one attached hydrogen (secondary N) is 1. The molecule has 0 aliphatic carbocycles. The number of hydrazone groups is 1. The maximum Gasteiger partial charge on any atom is 0.271 e. The minimum Gasteiger partial charge on any atom is -0.321 e. The topological polar surface area (TPSA) is 92.5 Å². The lowest BCUT2D eigenvalue weighted by molar-refractivity contribution is -0.118. The highest BCUT2D eigenvalue weighted by Crippen LogP contribution is 2.25. The first-order valence-electron chi connectivity index (χ1n) is 11.4. The van der Waals surface area contributed by atoms with Gasteiger partial charge in [-0.15, -0.1) is 10.2 Å². The van der Waals surface area contributed by atoms with E-state index in [2.05, 4.69) is 25.2 Å². The number of carbonyl (C=O) groups is 2. The molecule has 3 aromatic rings. The SMILES string of the molecule is Cc1cccc(N2N=C(C(=O)Nc3ccc(-c4nnc5n4CCCCC5)cc3)CCC2=O)c1. The van der Waals surface area contributed by atoms with Crippen molar-refractivity contribution in [3.8, 4) is 11.4 Å². The van der Waals surface area contributed by atoms with Crippen molar-refractivity contribution in [3.05, 3.63) is 59.9 Å². The summed E-state index contributed by atoms with van der Waals surface area (Å²) in [6.45, 7) is 2.89. The number of hydrogen-bond donors (Lipinski definition) is 1. The highest BCUT2D eigenvalue weighted by Gasteiger charge is 2.26.